The fourth-order valence-electron chi connectivity index (χ4n) is 15.4. The molecule has 2 heteroatoms. The van der Waals surface area contributed by atoms with Crippen molar-refractivity contribution < 1.29 is 0 Å². The molecule has 90 heavy (non-hydrogen) atoms. The maximum atomic E-state index is 2.92. The molecule has 0 aromatic carbocycles. The smallest absolute Gasteiger partial charge is 0.280 e. The van der Waals surface area contributed by atoms with Crippen LogP contribution in [0.15, 0.2) is 23.8 Å². The van der Waals surface area contributed by atoms with Gasteiger partial charge in [-0.3, -0.25) is 0 Å². The van der Waals surface area contributed by atoms with Gasteiger partial charge in [0.15, 0.2) is 0 Å². The quantitative estimate of drug-likeness (QED) is 0.0433. The minimum Gasteiger partial charge on any atom is -0.414 e. The third-order valence-corrected chi connectivity index (χ3v) is 21.8. The summed E-state index contributed by atoms with van der Waals surface area (Å²) in [5.74, 6) is 2.59. The van der Waals surface area contributed by atoms with Crippen LogP contribution in [0.2, 0.25) is 6.32 Å². The Bertz CT molecular complexity index is 1330. The molecule has 0 aromatic heterocycles. The molecule has 1 aliphatic rings. The maximum absolute atomic E-state index is 2.92. The lowest BCUT2D eigenvalue weighted by atomic mass is 9.54. The van der Waals surface area contributed by atoms with E-state index in [2.05, 4.69) is 43.7 Å². The van der Waals surface area contributed by atoms with Crippen molar-refractivity contribution in [2.24, 2.45) is 0 Å². The van der Waals surface area contributed by atoms with Gasteiger partial charge in [0.05, 0.1) is 0 Å². The monoisotopic (exact) mass is 1260 g/mol. The molecule has 534 valence electrons. The number of nitrogens with zero attached hydrogens (tertiary/aromatic N) is 1. The van der Waals surface area contributed by atoms with Gasteiger partial charge in [-0.25, -0.2) is 0 Å². The molecule has 0 radical (unpaired) electrons. The minimum absolute atomic E-state index is 0.641. The summed E-state index contributed by atoms with van der Waals surface area (Å²) in [6.07, 6.45) is 122. The summed E-state index contributed by atoms with van der Waals surface area (Å²) >= 11 is 0. The summed E-state index contributed by atoms with van der Waals surface area (Å²) in [6.45, 7) is 8.90. The minimum atomic E-state index is 0.641. The highest BCUT2D eigenvalue weighted by atomic mass is 15.1. The zero-order valence-electron chi connectivity index (χ0n) is 63.5. The van der Waals surface area contributed by atoms with Gasteiger partial charge in [-0.2, -0.15) is 0 Å². The summed E-state index contributed by atoms with van der Waals surface area (Å²) in [4.78, 5) is 2.92. The van der Waals surface area contributed by atoms with Gasteiger partial charge in [0.1, 0.15) is 0 Å². The molecule has 0 bridgehead atoms. The van der Waals surface area contributed by atoms with Gasteiger partial charge in [0, 0.05) is 12.2 Å². The first-order chi connectivity index (χ1) is 44.8. The van der Waals surface area contributed by atoms with Gasteiger partial charge in [-0.1, -0.05) is 521 Å². The molecule has 0 unspecified atom stereocenters. The maximum Gasteiger partial charge on any atom is 0.280 e. The van der Waals surface area contributed by atoms with E-state index in [-0.39, 0.29) is 0 Å². The van der Waals surface area contributed by atoms with E-state index in [0.29, 0.717) is 6.85 Å². The van der Waals surface area contributed by atoms with Gasteiger partial charge < -0.3 is 4.81 Å². The van der Waals surface area contributed by atoms with Crippen molar-refractivity contribution in [3.8, 4) is 0 Å². The van der Waals surface area contributed by atoms with E-state index in [1.54, 1.807) is 5.70 Å². The predicted octanol–water partition coefficient (Wildman–Crippen LogP) is 33.2. The number of hydrogen-bond donors (Lipinski definition) is 0. The van der Waals surface area contributed by atoms with Gasteiger partial charge in [-0.15, -0.1) is 0 Å². The molecular formula is C88H174BN. The molecule has 0 saturated carbocycles. The summed E-state index contributed by atoms with van der Waals surface area (Å²) in [5.41, 5.74) is 1.68. The molecule has 0 amide bonds. The van der Waals surface area contributed by atoms with E-state index in [4.69, 9.17) is 0 Å². The third-order valence-electron chi connectivity index (χ3n) is 21.8. The Labute approximate surface area is 573 Å². The van der Waals surface area contributed by atoms with E-state index >= 15 is 0 Å². The zero-order chi connectivity index (χ0) is 64.1. The first-order valence-corrected chi connectivity index (χ1v) is 44.0. The molecule has 1 heterocycles. The summed E-state index contributed by atoms with van der Waals surface area (Å²) in [5, 5.41) is 0. The average molecular weight is 1260 g/mol. The largest absolute Gasteiger partial charge is 0.414 e. The Hall–Kier alpha value is -0.655. The van der Waals surface area contributed by atoms with Gasteiger partial charge in [0.25, 0.3) is 6.85 Å². The molecule has 0 N–H and O–H groups in total. The van der Waals surface area contributed by atoms with Crippen molar-refractivity contribution in [3.63, 3.8) is 0 Å². The zero-order valence-corrected chi connectivity index (χ0v) is 63.5. The average Bonchev–Trinajstić information content (AvgIpc) is 2.01. The van der Waals surface area contributed by atoms with Crippen LogP contribution in [0.5, 0.6) is 0 Å². The SMILES string of the molecule is CCCCCCCCCCCCCCCCCCCCCCCCCCCCB1C=CC=C(CCCCCCCCCCCCCCCCCCCCCCCCCCCC)N1CCCCCCCCCCCCCCCCCCCCCCCCCCCC. The molecule has 0 atom stereocenters. The third kappa shape index (κ3) is 68.7. The Kier molecular flexibility index (Phi) is 76.7. The van der Waals surface area contributed by atoms with Crippen LogP contribution in [0, 0.1) is 0 Å². The van der Waals surface area contributed by atoms with Crippen molar-refractivity contribution >= 4 is 6.85 Å². The Morgan fingerprint density at radius 2 is 0.367 bits per heavy atom. The van der Waals surface area contributed by atoms with Crippen LogP contribution in [0.4, 0.5) is 0 Å². The standard InChI is InChI=1S/C88H174BN/c1-4-7-10-13-16-19-22-25-28-31-34-37-40-43-46-49-52-55-58-61-64-67-70-73-76-79-83-88-84-82-86-89(85-80-77-74-71-68-65-62-59-56-53-50-47-44-41-38-35-32-29-26-23-20-17-14-11-8-5-2)90(88)87-81-78-75-72-69-66-63-60-57-54-51-48-45-42-39-36-33-30-27-24-21-18-15-12-9-6-3/h82,84,86H,4-81,83,85,87H2,1-3H3. The Balaban J connectivity index is 2.19. The second-order valence-electron chi connectivity index (χ2n) is 30.9. The molecule has 1 aliphatic heterocycles. The van der Waals surface area contributed by atoms with Gasteiger partial charge >= 0.3 is 0 Å². The van der Waals surface area contributed by atoms with Crippen molar-refractivity contribution in [1.82, 2.24) is 4.81 Å². The highest BCUT2D eigenvalue weighted by Crippen LogP contribution is 2.27. The Morgan fingerprint density at radius 1 is 0.200 bits per heavy atom. The second kappa shape index (κ2) is 79.0. The fourth-order valence-corrected chi connectivity index (χ4v) is 15.4. The van der Waals surface area contributed by atoms with Crippen molar-refractivity contribution in [2.75, 3.05) is 6.54 Å². The molecular weight excluding hydrogens is 1080 g/mol. The molecule has 0 spiro atoms. The Morgan fingerprint density at radius 3 is 0.567 bits per heavy atom. The highest BCUT2D eigenvalue weighted by Gasteiger charge is 2.24. The summed E-state index contributed by atoms with van der Waals surface area (Å²) in [6, 6.07) is 0. The van der Waals surface area contributed by atoms with Crippen molar-refractivity contribution in [2.45, 2.75) is 534 Å². The van der Waals surface area contributed by atoms with Crippen LogP contribution >= 0.6 is 0 Å². The summed E-state index contributed by atoms with van der Waals surface area (Å²) in [7, 11) is 0. The second-order valence-corrected chi connectivity index (χ2v) is 30.9. The normalized spacial score (nSPS) is 12.6. The van der Waals surface area contributed by atoms with Crippen LogP contribution < -0.4 is 0 Å². The molecule has 0 fully saturated rings. The lowest BCUT2D eigenvalue weighted by Gasteiger charge is -2.35. The van der Waals surface area contributed by atoms with Crippen LogP contribution in [-0.4, -0.2) is 18.2 Å². The van der Waals surface area contributed by atoms with E-state index < -0.39 is 0 Å². The van der Waals surface area contributed by atoms with E-state index in [1.165, 1.54) is 520 Å². The number of hydrogen-bond acceptors (Lipinski definition) is 1. The molecule has 0 aromatic rings. The fraction of sp³-hybridized carbons (Fsp3) is 0.955. The number of unbranched alkanes of at least 4 members (excludes halogenated alkanes) is 75. The topological polar surface area (TPSA) is 3.24 Å². The molecule has 1 rings (SSSR count). The molecule has 0 aliphatic carbocycles. The van der Waals surface area contributed by atoms with Gasteiger partial charge in [-0.05, 0) is 31.7 Å². The van der Waals surface area contributed by atoms with E-state index in [9.17, 15) is 0 Å². The van der Waals surface area contributed by atoms with Crippen LogP contribution in [0.1, 0.15) is 528 Å². The van der Waals surface area contributed by atoms with Crippen LogP contribution in [0.3, 0.4) is 0 Å². The van der Waals surface area contributed by atoms with Crippen molar-refractivity contribution in [3.05, 3.63) is 23.8 Å². The lowest BCUT2D eigenvalue weighted by molar-refractivity contribution is 0.453. The number of allylic oxidation sites excluding steroid dienone is 3. The first-order valence-electron chi connectivity index (χ1n) is 44.0. The highest BCUT2D eigenvalue weighted by molar-refractivity contribution is 6.62. The molecule has 0 saturated heterocycles. The van der Waals surface area contributed by atoms with E-state index in [0.717, 1.165) is 0 Å². The van der Waals surface area contributed by atoms with Crippen LogP contribution in [0.25, 0.3) is 0 Å². The van der Waals surface area contributed by atoms with Crippen LogP contribution in [-0.2, 0) is 0 Å². The lowest BCUT2D eigenvalue weighted by Crippen LogP contribution is -2.39. The summed E-state index contributed by atoms with van der Waals surface area (Å²) < 4.78 is 0. The molecule has 1 nitrogen and oxygen atoms in total. The predicted molar refractivity (Wildman–Crippen MR) is 416 cm³/mol. The van der Waals surface area contributed by atoms with E-state index in [1.807, 2.05) is 0 Å². The number of rotatable bonds is 81. The van der Waals surface area contributed by atoms with Crippen molar-refractivity contribution in [1.29, 1.82) is 0 Å². The first kappa shape index (κ1) is 87.4. The van der Waals surface area contributed by atoms with Gasteiger partial charge in [0.2, 0.25) is 0 Å².